The van der Waals surface area contributed by atoms with Gasteiger partial charge in [0.05, 0.1) is 13.1 Å². The number of amides is 2. The molecule has 1 aromatic heterocycles. The van der Waals surface area contributed by atoms with Crippen molar-refractivity contribution in [2.24, 2.45) is 4.99 Å². The van der Waals surface area contributed by atoms with E-state index in [1.165, 1.54) is 0 Å². The fourth-order valence-electron chi connectivity index (χ4n) is 2.16. The number of nitrogens with one attached hydrogen (secondary N) is 3. The Hall–Kier alpha value is -3.40. The second kappa shape index (κ2) is 12.2. The molecule has 1 aliphatic heterocycles. The number of rotatable bonds is 6. The first-order valence-corrected chi connectivity index (χ1v) is 10.2. The Kier molecular flexibility index (Phi) is 9.32. The van der Waals surface area contributed by atoms with Crippen LogP contribution in [0.15, 0.2) is 53.7 Å². The van der Waals surface area contributed by atoms with E-state index in [2.05, 4.69) is 25.9 Å². The van der Waals surface area contributed by atoms with E-state index >= 15 is 0 Å². The molecular formula is C20H23N5O4S. The zero-order chi connectivity index (χ0) is 21.8. The maximum atomic E-state index is 12.2. The van der Waals surface area contributed by atoms with E-state index in [4.69, 9.17) is 5.11 Å². The third kappa shape index (κ3) is 8.31. The molecule has 0 bridgehead atoms. The van der Waals surface area contributed by atoms with Crippen molar-refractivity contribution >= 4 is 46.2 Å². The number of hydrogen-bond acceptors (Lipinski definition) is 7. The summed E-state index contributed by atoms with van der Waals surface area (Å²) in [5.74, 6) is 0.0140. The van der Waals surface area contributed by atoms with Crippen molar-refractivity contribution in [1.29, 1.82) is 0 Å². The van der Waals surface area contributed by atoms with Gasteiger partial charge in [0.1, 0.15) is 5.82 Å². The summed E-state index contributed by atoms with van der Waals surface area (Å²) in [6.07, 6.45) is 1.81. The first kappa shape index (κ1) is 22.9. The number of benzene rings is 1. The molecule has 0 aliphatic carbocycles. The molecule has 10 heteroatoms. The van der Waals surface area contributed by atoms with Crippen LogP contribution in [-0.2, 0) is 9.59 Å². The van der Waals surface area contributed by atoms with E-state index in [0.717, 1.165) is 23.2 Å². The highest BCUT2D eigenvalue weighted by atomic mass is 32.2. The first-order chi connectivity index (χ1) is 14.5. The van der Waals surface area contributed by atoms with Gasteiger partial charge in [0.25, 0.3) is 5.91 Å². The Bertz CT molecular complexity index is 905. The number of aromatic nitrogens is 1. The lowest BCUT2D eigenvalue weighted by Gasteiger charge is -2.09. The van der Waals surface area contributed by atoms with E-state index in [0.29, 0.717) is 11.4 Å². The van der Waals surface area contributed by atoms with Crippen molar-refractivity contribution in [2.45, 2.75) is 13.3 Å². The molecular weight excluding hydrogens is 406 g/mol. The molecule has 1 aliphatic rings. The number of hydrogen-bond donors (Lipinski definition) is 4. The molecule has 30 heavy (non-hydrogen) atoms. The molecule has 0 saturated carbocycles. The molecule has 0 saturated heterocycles. The maximum Gasteiger partial charge on any atom is 0.303 e. The van der Waals surface area contributed by atoms with E-state index in [1.807, 2.05) is 6.07 Å². The van der Waals surface area contributed by atoms with Crippen molar-refractivity contribution in [2.75, 3.05) is 29.5 Å². The summed E-state index contributed by atoms with van der Waals surface area (Å²) in [7, 11) is 0. The molecule has 2 aromatic rings. The van der Waals surface area contributed by atoms with Crippen molar-refractivity contribution in [3.8, 4) is 0 Å². The van der Waals surface area contributed by atoms with Gasteiger partial charge < -0.3 is 21.1 Å². The summed E-state index contributed by atoms with van der Waals surface area (Å²) in [4.78, 5) is 41.8. The van der Waals surface area contributed by atoms with E-state index < -0.39 is 5.97 Å². The van der Waals surface area contributed by atoms with Crippen LogP contribution in [0.5, 0.6) is 0 Å². The third-order valence-corrected chi connectivity index (χ3v) is 4.50. The van der Waals surface area contributed by atoms with E-state index in [1.54, 1.807) is 61.3 Å². The molecule has 1 aromatic carbocycles. The Morgan fingerprint density at radius 3 is 2.60 bits per heavy atom. The van der Waals surface area contributed by atoms with Crippen molar-refractivity contribution in [3.05, 3.63) is 54.2 Å². The Labute approximate surface area is 178 Å². The van der Waals surface area contributed by atoms with Gasteiger partial charge in [0, 0.05) is 29.6 Å². The minimum Gasteiger partial charge on any atom is -0.481 e. The molecule has 9 nitrogen and oxygen atoms in total. The summed E-state index contributed by atoms with van der Waals surface area (Å²) in [6, 6.07) is 12.3. The fourth-order valence-corrected chi connectivity index (χ4v) is 2.91. The highest BCUT2D eigenvalue weighted by Gasteiger charge is 2.11. The van der Waals surface area contributed by atoms with Gasteiger partial charge in [-0.1, -0.05) is 30.8 Å². The quantitative estimate of drug-likeness (QED) is 0.554. The average Bonchev–Trinajstić information content (AvgIpc) is 3.26. The minimum absolute atomic E-state index is 0.129. The monoisotopic (exact) mass is 429 g/mol. The van der Waals surface area contributed by atoms with Crippen LogP contribution in [0.3, 0.4) is 0 Å². The normalized spacial score (nSPS) is 12.1. The summed E-state index contributed by atoms with van der Waals surface area (Å²) in [5, 5.41) is 17.0. The van der Waals surface area contributed by atoms with Gasteiger partial charge in [0.2, 0.25) is 5.91 Å². The van der Waals surface area contributed by atoms with Crippen LogP contribution in [0.4, 0.5) is 11.5 Å². The predicted molar refractivity (Wildman–Crippen MR) is 118 cm³/mol. The zero-order valence-electron chi connectivity index (χ0n) is 16.4. The van der Waals surface area contributed by atoms with Crippen molar-refractivity contribution < 1.29 is 19.5 Å². The number of thioether (sulfide) groups is 1. The smallest absolute Gasteiger partial charge is 0.303 e. The molecule has 0 unspecified atom stereocenters. The number of carbonyl (C=O) groups is 3. The first-order valence-electron chi connectivity index (χ1n) is 9.23. The van der Waals surface area contributed by atoms with Crippen molar-refractivity contribution in [1.82, 2.24) is 10.3 Å². The van der Waals surface area contributed by atoms with Gasteiger partial charge in [-0.2, -0.15) is 0 Å². The molecule has 2 heterocycles. The molecule has 2 amide bonds. The van der Waals surface area contributed by atoms with Gasteiger partial charge in [-0.3, -0.25) is 19.4 Å². The van der Waals surface area contributed by atoms with Crippen LogP contribution in [0.2, 0.25) is 0 Å². The van der Waals surface area contributed by atoms with Crippen molar-refractivity contribution in [3.63, 3.8) is 0 Å². The van der Waals surface area contributed by atoms with Crippen LogP contribution < -0.4 is 16.0 Å². The third-order valence-electron chi connectivity index (χ3n) is 3.61. The summed E-state index contributed by atoms with van der Waals surface area (Å²) in [6.45, 7) is 2.27. The molecule has 0 spiro atoms. The predicted octanol–water partition coefficient (Wildman–Crippen LogP) is 2.45. The highest BCUT2D eigenvalue weighted by molar-refractivity contribution is 8.14. The minimum atomic E-state index is -0.745. The van der Waals surface area contributed by atoms with Gasteiger partial charge in [-0.15, -0.1) is 0 Å². The van der Waals surface area contributed by atoms with Crippen LogP contribution >= 0.6 is 11.8 Å². The topological polar surface area (TPSA) is 133 Å². The Balaban J connectivity index is 0.000000575. The number of anilines is 2. The highest BCUT2D eigenvalue weighted by Crippen LogP contribution is 2.17. The van der Waals surface area contributed by atoms with Gasteiger partial charge in [-0.05, 0) is 30.3 Å². The molecule has 3 rings (SSSR count). The lowest BCUT2D eigenvalue weighted by Crippen LogP contribution is -2.33. The number of amidine groups is 1. The lowest BCUT2D eigenvalue weighted by atomic mass is 10.2. The average molecular weight is 430 g/mol. The second-order valence-corrected chi connectivity index (χ2v) is 7.02. The molecule has 0 fully saturated rings. The fraction of sp³-hybridized carbons (Fsp3) is 0.250. The van der Waals surface area contributed by atoms with Crippen LogP contribution in [0.25, 0.3) is 0 Å². The number of pyridine rings is 1. The molecule has 158 valence electrons. The molecule has 0 radical (unpaired) electrons. The van der Waals surface area contributed by atoms with Gasteiger partial charge >= 0.3 is 5.97 Å². The number of aliphatic carboxylic acids is 1. The van der Waals surface area contributed by atoms with Gasteiger partial charge in [-0.25, -0.2) is 4.98 Å². The Morgan fingerprint density at radius 2 is 1.97 bits per heavy atom. The largest absolute Gasteiger partial charge is 0.481 e. The number of nitrogens with zero attached hydrogens (tertiary/aromatic N) is 2. The summed E-state index contributed by atoms with van der Waals surface area (Å²) >= 11 is 1.65. The van der Waals surface area contributed by atoms with Crippen LogP contribution in [0, 0.1) is 0 Å². The second-order valence-electron chi connectivity index (χ2n) is 5.93. The summed E-state index contributed by atoms with van der Waals surface area (Å²) < 4.78 is 0. The zero-order valence-corrected chi connectivity index (χ0v) is 17.2. The maximum absolute atomic E-state index is 12.2. The van der Waals surface area contributed by atoms with E-state index in [-0.39, 0.29) is 24.8 Å². The SMILES string of the molecule is CCC(=O)O.O=C(CNC(=O)c1cccc(NC2=NCCS2)c1)Nc1ccccn1. The molecule has 4 N–H and O–H groups in total. The summed E-state index contributed by atoms with van der Waals surface area (Å²) in [5.41, 5.74) is 1.26. The Morgan fingerprint density at radius 1 is 1.17 bits per heavy atom. The number of carbonyl (C=O) groups excluding carboxylic acids is 2. The standard InChI is InChI=1S/C17H17N5O2S.C3H6O2/c23-15(22-14-6-1-2-7-18-14)11-20-16(24)12-4-3-5-13(10-12)21-17-19-8-9-25-17;1-2-3(4)5/h1-7,10H,8-9,11H2,(H,19,21)(H,20,24)(H,18,22,23);2H2,1H3,(H,4,5). The molecule has 0 atom stereocenters. The van der Waals surface area contributed by atoms with Crippen LogP contribution in [0.1, 0.15) is 23.7 Å². The number of carboxylic acids is 1. The number of carboxylic acid groups (broad SMARTS) is 1. The van der Waals surface area contributed by atoms with Crippen LogP contribution in [-0.4, -0.2) is 51.9 Å². The van der Waals surface area contributed by atoms with E-state index in [9.17, 15) is 14.4 Å². The lowest BCUT2D eigenvalue weighted by molar-refractivity contribution is -0.136. The van der Waals surface area contributed by atoms with Gasteiger partial charge in [0.15, 0.2) is 5.17 Å². The number of aliphatic imine (C=N–C) groups is 1.